The van der Waals surface area contributed by atoms with Crippen molar-refractivity contribution in [2.75, 3.05) is 0 Å². The van der Waals surface area contributed by atoms with Crippen molar-refractivity contribution in [3.63, 3.8) is 0 Å². The quantitative estimate of drug-likeness (QED) is 0.808. The maximum Gasteiger partial charge on any atom is 0.0812 e. The molecule has 1 aliphatic carbocycles. The fourth-order valence-corrected chi connectivity index (χ4v) is 2.33. The Kier molecular flexibility index (Phi) is 4.11. The SMILES string of the molecule is C=C(CC1CC1C)NCc1cccc(SF)c1. The lowest BCUT2D eigenvalue weighted by Crippen LogP contribution is -2.12. The molecule has 1 aromatic rings. The first kappa shape index (κ1) is 12.5. The highest BCUT2D eigenvalue weighted by atomic mass is 32.2. The number of hydrogen-bond donors (Lipinski definition) is 1. The zero-order chi connectivity index (χ0) is 12.3. The van der Waals surface area contributed by atoms with Gasteiger partial charge in [0, 0.05) is 17.1 Å². The zero-order valence-corrected chi connectivity index (χ0v) is 10.9. The van der Waals surface area contributed by atoms with Crippen LogP contribution in [-0.4, -0.2) is 0 Å². The lowest BCUT2D eigenvalue weighted by atomic mass is 10.2. The Morgan fingerprint density at radius 3 is 3.00 bits per heavy atom. The van der Waals surface area contributed by atoms with Crippen LogP contribution in [0.5, 0.6) is 0 Å². The van der Waals surface area contributed by atoms with Crippen molar-refractivity contribution in [2.45, 2.75) is 31.2 Å². The molecule has 17 heavy (non-hydrogen) atoms. The van der Waals surface area contributed by atoms with E-state index in [1.54, 1.807) is 6.07 Å². The molecular formula is C14H18FNS. The highest BCUT2D eigenvalue weighted by Gasteiger charge is 2.32. The predicted molar refractivity (Wildman–Crippen MR) is 71.3 cm³/mol. The second kappa shape index (κ2) is 5.58. The summed E-state index contributed by atoms with van der Waals surface area (Å²) in [7, 11) is 0. The molecular weight excluding hydrogens is 233 g/mol. The summed E-state index contributed by atoms with van der Waals surface area (Å²) in [5, 5.41) is 3.32. The van der Waals surface area contributed by atoms with Crippen molar-refractivity contribution in [1.29, 1.82) is 0 Å². The molecule has 1 N–H and O–H groups in total. The van der Waals surface area contributed by atoms with Crippen LogP contribution in [0, 0.1) is 11.8 Å². The van der Waals surface area contributed by atoms with Crippen LogP contribution in [0.25, 0.3) is 0 Å². The molecule has 1 saturated carbocycles. The third-order valence-corrected chi connectivity index (χ3v) is 3.75. The molecule has 0 aliphatic heterocycles. The van der Waals surface area contributed by atoms with Gasteiger partial charge in [0.25, 0.3) is 0 Å². The molecule has 0 heterocycles. The fourth-order valence-electron chi connectivity index (χ4n) is 2.00. The Balaban J connectivity index is 1.78. The van der Waals surface area contributed by atoms with E-state index in [0.717, 1.165) is 36.1 Å². The Morgan fingerprint density at radius 1 is 1.59 bits per heavy atom. The minimum Gasteiger partial charge on any atom is -0.385 e. The summed E-state index contributed by atoms with van der Waals surface area (Å²) in [6, 6.07) is 7.52. The topological polar surface area (TPSA) is 12.0 Å². The van der Waals surface area contributed by atoms with E-state index in [0.29, 0.717) is 4.90 Å². The Labute approximate surface area is 107 Å². The summed E-state index contributed by atoms with van der Waals surface area (Å²) < 4.78 is 12.4. The number of halogens is 1. The van der Waals surface area contributed by atoms with Gasteiger partial charge in [0.05, 0.1) is 12.1 Å². The first-order valence-electron chi connectivity index (χ1n) is 5.98. The largest absolute Gasteiger partial charge is 0.385 e. The van der Waals surface area contributed by atoms with Crippen molar-refractivity contribution >= 4 is 12.1 Å². The van der Waals surface area contributed by atoms with E-state index in [1.807, 2.05) is 18.2 Å². The molecule has 0 bridgehead atoms. The van der Waals surface area contributed by atoms with Crippen LogP contribution < -0.4 is 5.32 Å². The Bertz CT molecular complexity index is 405. The minimum atomic E-state index is 0.288. The van der Waals surface area contributed by atoms with Gasteiger partial charge in [0.15, 0.2) is 0 Å². The van der Waals surface area contributed by atoms with Gasteiger partial charge in [-0.1, -0.05) is 25.6 Å². The number of rotatable bonds is 6. The molecule has 0 saturated heterocycles. The van der Waals surface area contributed by atoms with Gasteiger partial charge in [-0.05, 0) is 42.4 Å². The summed E-state index contributed by atoms with van der Waals surface area (Å²) in [6.45, 7) is 7.04. The summed E-state index contributed by atoms with van der Waals surface area (Å²) in [4.78, 5) is 0.658. The number of nitrogens with one attached hydrogen (secondary N) is 1. The average molecular weight is 251 g/mol. The van der Waals surface area contributed by atoms with Gasteiger partial charge >= 0.3 is 0 Å². The van der Waals surface area contributed by atoms with Crippen LogP contribution >= 0.6 is 12.1 Å². The standard InChI is InChI=1S/C14H18FNS/c1-10-6-13(10)7-11(2)16-9-12-4-3-5-14(8-12)17-15/h3-5,8,10,13,16H,2,6-7,9H2,1H3. The summed E-state index contributed by atoms with van der Waals surface area (Å²) in [6.07, 6.45) is 2.40. The van der Waals surface area contributed by atoms with E-state index >= 15 is 0 Å². The Hall–Kier alpha value is -0.960. The molecule has 3 heteroatoms. The van der Waals surface area contributed by atoms with Gasteiger partial charge < -0.3 is 5.32 Å². The van der Waals surface area contributed by atoms with Gasteiger partial charge in [-0.15, -0.1) is 0 Å². The van der Waals surface area contributed by atoms with Crippen LogP contribution in [-0.2, 0) is 6.54 Å². The summed E-state index contributed by atoms with van der Waals surface area (Å²) in [5.41, 5.74) is 2.19. The third-order valence-electron chi connectivity index (χ3n) is 3.31. The average Bonchev–Trinajstić information content (AvgIpc) is 3.02. The van der Waals surface area contributed by atoms with E-state index in [-0.39, 0.29) is 12.1 Å². The van der Waals surface area contributed by atoms with E-state index in [4.69, 9.17) is 0 Å². The Morgan fingerprint density at radius 2 is 2.35 bits per heavy atom. The van der Waals surface area contributed by atoms with Gasteiger partial charge in [-0.3, -0.25) is 0 Å². The van der Waals surface area contributed by atoms with Crippen LogP contribution in [0.4, 0.5) is 3.89 Å². The van der Waals surface area contributed by atoms with E-state index in [2.05, 4.69) is 18.8 Å². The molecule has 1 aromatic carbocycles. The molecule has 92 valence electrons. The lowest BCUT2D eigenvalue weighted by Gasteiger charge is -2.09. The van der Waals surface area contributed by atoms with Gasteiger partial charge in [0.1, 0.15) is 0 Å². The molecule has 2 rings (SSSR count). The third kappa shape index (κ3) is 3.77. The van der Waals surface area contributed by atoms with Crippen molar-refractivity contribution in [3.05, 3.63) is 42.1 Å². The highest BCUT2D eigenvalue weighted by molar-refractivity contribution is 7.94. The van der Waals surface area contributed by atoms with E-state index in [9.17, 15) is 3.89 Å². The van der Waals surface area contributed by atoms with Gasteiger partial charge in [-0.2, -0.15) is 3.89 Å². The normalized spacial score (nSPS) is 22.2. The van der Waals surface area contributed by atoms with Crippen LogP contribution in [0.3, 0.4) is 0 Å². The predicted octanol–water partition coefficient (Wildman–Crippen LogP) is 4.31. The molecule has 0 radical (unpaired) electrons. The lowest BCUT2D eigenvalue weighted by molar-refractivity contribution is 0.673. The van der Waals surface area contributed by atoms with Crippen LogP contribution in [0.15, 0.2) is 41.4 Å². The maximum atomic E-state index is 12.4. The molecule has 0 aromatic heterocycles. The zero-order valence-electron chi connectivity index (χ0n) is 10.1. The summed E-state index contributed by atoms with van der Waals surface area (Å²) in [5.74, 6) is 1.68. The fraction of sp³-hybridized carbons (Fsp3) is 0.429. The smallest absolute Gasteiger partial charge is 0.0812 e. The summed E-state index contributed by atoms with van der Waals surface area (Å²) >= 11 is 0.288. The molecule has 0 spiro atoms. The number of allylic oxidation sites excluding steroid dienone is 1. The first-order chi connectivity index (χ1) is 8.19. The molecule has 1 fully saturated rings. The maximum absolute atomic E-state index is 12.4. The molecule has 1 aliphatic rings. The van der Waals surface area contributed by atoms with Gasteiger partial charge in [0.2, 0.25) is 0 Å². The van der Waals surface area contributed by atoms with Crippen molar-refractivity contribution < 1.29 is 3.89 Å². The highest BCUT2D eigenvalue weighted by Crippen LogP contribution is 2.41. The molecule has 1 nitrogen and oxygen atoms in total. The second-order valence-corrected chi connectivity index (χ2v) is 5.48. The monoisotopic (exact) mass is 251 g/mol. The van der Waals surface area contributed by atoms with Crippen molar-refractivity contribution in [3.8, 4) is 0 Å². The number of hydrogen-bond acceptors (Lipinski definition) is 2. The molecule has 2 atom stereocenters. The second-order valence-electron chi connectivity index (χ2n) is 4.86. The van der Waals surface area contributed by atoms with E-state index in [1.165, 1.54) is 6.42 Å². The van der Waals surface area contributed by atoms with Crippen molar-refractivity contribution in [1.82, 2.24) is 5.32 Å². The van der Waals surface area contributed by atoms with Gasteiger partial charge in [-0.25, -0.2) is 0 Å². The molecule has 2 unspecified atom stereocenters. The van der Waals surface area contributed by atoms with Crippen LogP contribution in [0.1, 0.15) is 25.3 Å². The van der Waals surface area contributed by atoms with E-state index < -0.39 is 0 Å². The van der Waals surface area contributed by atoms with Crippen molar-refractivity contribution in [2.24, 2.45) is 11.8 Å². The number of benzene rings is 1. The first-order valence-corrected chi connectivity index (χ1v) is 6.70. The van der Waals surface area contributed by atoms with Crippen LogP contribution in [0.2, 0.25) is 0 Å². The minimum absolute atomic E-state index is 0.288. The molecule has 0 amide bonds.